The van der Waals surface area contributed by atoms with Crippen LogP contribution in [-0.4, -0.2) is 16.1 Å². The second-order valence-electron chi connectivity index (χ2n) is 5.21. The molecule has 0 bridgehead atoms. The molecule has 24 heavy (non-hydrogen) atoms. The number of hydrogen-bond donors (Lipinski definition) is 2. The number of carbonyl (C=O) groups is 1. The molecule has 122 valence electrons. The van der Waals surface area contributed by atoms with Crippen LogP contribution in [0.5, 0.6) is 17.2 Å². The third kappa shape index (κ3) is 3.22. The normalized spacial score (nSPS) is 10.5. The van der Waals surface area contributed by atoms with Gasteiger partial charge in [0.25, 0.3) is 5.56 Å². The summed E-state index contributed by atoms with van der Waals surface area (Å²) in [5.74, 6) is -0.925. The summed E-state index contributed by atoms with van der Waals surface area (Å²) >= 11 is 0. The number of pyridine rings is 1. The highest BCUT2D eigenvalue weighted by Gasteiger charge is 2.15. The van der Waals surface area contributed by atoms with Crippen LogP contribution in [0.3, 0.4) is 0 Å². The summed E-state index contributed by atoms with van der Waals surface area (Å²) in [6, 6.07) is 14.5. The summed E-state index contributed by atoms with van der Waals surface area (Å²) in [7, 11) is 0. The number of fused-ring (bicyclic) bond motifs is 1. The van der Waals surface area contributed by atoms with E-state index in [9.17, 15) is 14.7 Å². The van der Waals surface area contributed by atoms with E-state index in [0.717, 1.165) is 12.5 Å². The largest absolute Gasteiger partial charge is 0.504 e. The average Bonchev–Trinajstić information content (AvgIpc) is 2.57. The SMILES string of the molecule is CC(=O)Oc1c(O)c2ccc(OCc3ccccc3)cc2[nH]c1=O. The van der Waals surface area contributed by atoms with E-state index in [2.05, 4.69) is 4.98 Å². The number of H-pyrrole nitrogens is 1. The molecule has 0 atom stereocenters. The van der Waals surface area contributed by atoms with Gasteiger partial charge in [-0.05, 0) is 17.7 Å². The Morgan fingerprint density at radius 2 is 1.92 bits per heavy atom. The first-order chi connectivity index (χ1) is 11.5. The number of ether oxygens (including phenoxy) is 2. The summed E-state index contributed by atoms with van der Waals surface area (Å²) in [5, 5.41) is 10.5. The van der Waals surface area contributed by atoms with Crippen molar-refractivity contribution in [3.8, 4) is 17.2 Å². The molecule has 0 saturated carbocycles. The van der Waals surface area contributed by atoms with E-state index in [1.807, 2.05) is 30.3 Å². The molecule has 0 aliphatic heterocycles. The Hall–Kier alpha value is -3.28. The fraction of sp³-hybridized carbons (Fsp3) is 0.111. The second kappa shape index (κ2) is 6.45. The molecule has 1 heterocycles. The zero-order valence-corrected chi connectivity index (χ0v) is 12.9. The fourth-order valence-electron chi connectivity index (χ4n) is 2.31. The number of carbonyl (C=O) groups excluding carboxylic acids is 1. The van der Waals surface area contributed by atoms with Gasteiger partial charge in [0.05, 0.1) is 5.52 Å². The van der Waals surface area contributed by atoms with Gasteiger partial charge >= 0.3 is 5.97 Å². The van der Waals surface area contributed by atoms with Crippen LogP contribution in [0, 0.1) is 0 Å². The highest BCUT2D eigenvalue weighted by Crippen LogP contribution is 2.32. The number of aromatic hydroxyl groups is 1. The van der Waals surface area contributed by atoms with Crippen molar-refractivity contribution in [2.45, 2.75) is 13.5 Å². The number of rotatable bonds is 4. The van der Waals surface area contributed by atoms with Crippen molar-refractivity contribution in [2.75, 3.05) is 0 Å². The van der Waals surface area contributed by atoms with Crippen LogP contribution >= 0.6 is 0 Å². The molecule has 0 aliphatic carbocycles. The second-order valence-corrected chi connectivity index (χ2v) is 5.21. The molecule has 6 nitrogen and oxygen atoms in total. The molecule has 0 radical (unpaired) electrons. The Bertz CT molecular complexity index is 947. The minimum atomic E-state index is -0.685. The molecule has 0 unspecified atom stereocenters. The zero-order chi connectivity index (χ0) is 17.1. The maximum atomic E-state index is 11.9. The molecule has 6 heteroatoms. The molecule has 2 N–H and O–H groups in total. The topological polar surface area (TPSA) is 88.6 Å². The van der Waals surface area contributed by atoms with Crippen molar-refractivity contribution in [3.05, 3.63) is 64.4 Å². The van der Waals surface area contributed by atoms with Crippen molar-refractivity contribution in [1.82, 2.24) is 4.98 Å². The van der Waals surface area contributed by atoms with Gasteiger partial charge in [0, 0.05) is 18.4 Å². The smallest absolute Gasteiger partial charge is 0.308 e. The molecule has 0 fully saturated rings. The summed E-state index contributed by atoms with van der Waals surface area (Å²) in [6.45, 7) is 1.54. The molecule has 1 aromatic heterocycles. The Labute approximate surface area is 137 Å². The van der Waals surface area contributed by atoms with Crippen molar-refractivity contribution in [2.24, 2.45) is 0 Å². The maximum absolute atomic E-state index is 11.9. The van der Waals surface area contributed by atoms with Gasteiger partial charge in [0.2, 0.25) is 5.75 Å². The summed E-state index contributed by atoms with van der Waals surface area (Å²) in [4.78, 5) is 25.5. The van der Waals surface area contributed by atoms with Crippen molar-refractivity contribution in [3.63, 3.8) is 0 Å². The maximum Gasteiger partial charge on any atom is 0.308 e. The van der Waals surface area contributed by atoms with Crippen LogP contribution in [0.1, 0.15) is 12.5 Å². The molecule has 3 aromatic rings. The Morgan fingerprint density at radius 1 is 1.17 bits per heavy atom. The first-order valence-electron chi connectivity index (χ1n) is 7.29. The number of nitrogens with one attached hydrogen (secondary N) is 1. The molecular formula is C18H15NO5. The monoisotopic (exact) mass is 325 g/mol. The Morgan fingerprint density at radius 3 is 2.62 bits per heavy atom. The van der Waals surface area contributed by atoms with Gasteiger partial charge in [-0.25, -0.2) is 0 Å². The summed E-state index contributed by atoms with van der Waals surface area (Å²) in [6.07, 6.45) is 0. The molecular weight excluding hydrogens is 310 g/mol. The third-order valence-corrected chi connectivity index (χ3v) is 3.41. The van der Waals surface area contributed by atoms with E-state index in [-0.39, 0.29) is 5.75 Å². The molecule has 0 amide bonds. The van der Waals surface area contributed by atoms with Crippen molar-refractivity contribution in [1.29, 1.82) is 0 Å². The summed E-state index contributed by atoms with van der Waals surface area (Å²) < 4.78 is 10.4. The standard InChI is InChI=1S/C18H15NO5/c1-11(20)24-17-16(21)14-8-7-13(9-15(14)19-18(17)22)23-10-12-5-3-2-4-6-12/h2-9H,10H2,1H3,(H2,19,21,22). The first kappa shape index (κ1) is 15.6. The average molecular weight is 325 g/mol. The lowest BCUT2D eigenvalue weighted by molar-refractivity contribution is -0.132. The lowest BCUT2D eigenvalue weighted by Gasteiger charge is -2.10. The quantitative estimate of drug-likeness (QED) is 0.720. The molecule has 3 rings (SSSR count). The van der Waals surface area contributed by atoms with Crippen LogP contribution in [0.2, 0.25) is 0 Å². The van der Waals surface area contributed by atoms with Crippen molar-refractivity contribution >= 4 is 16.9 Å². The number of hydrogen-bond acceptors (Lipinski definition) is 5. The summed E-state index contributed by atoms with van der Waals surface area (Å²) in [5.41, 5.74) is 0.716. The number of esters is 1. The molecule has 0 spiro atoms. The van der Waals surface area contributed by atoms with Gasteiger partial charge in [-0.1, -0.05) is 30.3 Å². The molecule has 0 aliphatic rings. The number of benzene rings is 2. The first-order valence-corrected chi connectivity index (χ1v) is 7.29. The van der Waals surface area contributed by atoms with Crippen LogP contribution in [0.4, 0.5) is 0 Å². The lowest BCUT2D eigenvalue weighted by Crippen LogP contribution is -2.14. The van der Waals surface area contributed by atoms with Crippen molar-refractivity contribution < 1.29 is 19.4 Å². The minimum Gasteiger partial charge on any atom is -0.504 e. The van der Waals surface area contributed by atoms with Crippen LogP contribution < -0.4 is 15.0 Å². The van der Waals surface area contributed by atoms with Gasteiger partial charge in [-0.3, -0.25) is 9.59 Å². The van der Waals surface area contributed by atoms with E-state index < -0.39 is 17.3 Å². The fourth-order valence-corrected chi connectivity index (χ4v) is 2.31. The molecule has 2 aromatic carbocycles. The Kier molecular flexibility index (Phi) is 4.20. The number of aromatic nitrogens is 1. The Balaban J connectivity index is 1.91. The van der Waals surface area contributed by atoms with E-state index in [0.29, 0.717) is 23.3 Å². The lowest BCUT2D eigenvalue weighted by atomic mass is 10.2. The van der Waals surface area contributed by atoms with Crippen LogP contribution in [-0.2, 0) is 11.4 Å². The third-order valence-electron chi connectivity index (χ3n) is 3.41. The van der Waals surface area contributed by atoms with Gasteiger partial charge < -0.3 is 19.6 Å². The van der Waals surface area contributed by atoms with Gasteiger partial charge in [0.15, 0.2) is 5.75 Å². The van der Waals surface area contributed by atoms with Gasteiger partial charge in [-0.2, -0.15) is 0 Å². The van der Waals surface area contributed by atoms with E-state index >= 15 is 0 Å². The zero-order valence-electron chi connectivity index (χ0n) is 12.9. The highest BCUT2D eigenvalue weighted by molar-refractivity contribution is 5.88. The highest BCUT2D eigenvalue weighted by atomic mass is 16.5. The van der Waals surface area contributed by atoms with Crippen LogP contribution in [0.15, 0.2) is 53.3 Å². The minimum absolute atomic E-state index is 0.359. The molecule has 0 saturated heterocycles. The predicted molar refractivity (Wildman–Crippen MR) is 88.3 cm³/mol. The van der Waals surface area contributed by atoms with E-state index in [1.54, 1.807) is 18.2 Å². The van der Waals surface area contributed by atoms with Gasteiger partial charge in [-0.15, -0.1) is 0 Å². The van der Waals surface area contributed by atoms with E-state index in [4.69, 9.17) is 9.47 Å². The number of aromatic amines is 1. The van der Waals surface area contributed by atoms with Crippen LogP contribution in [0.25, 0.3) is 10.9 Å². The van der Waals surface area contributed by atoms with E-state index in [1.165, 1.54) is 0 Å². The predicted octanol–water partition coefficient (Wildman–Crippen LogP) is 2.74. The van der Waals surface area contributed by atoms with Gasteiger partial charge in [0.1, 0.15) is 12.4 Å².